The molecule has 1 aliphatic heterocycles. The Morgan fingerprint density at radius 1 is 1.21 bits per heavy atom. The summed E-state index contributed by atoms with van der Waals surface area (Å²) < 4.78 is 5.41. The number of nitro benzene ring substituents is 1. The van der Waals surface area contributed by atoms with Gasteiger partial charge in [0.2, 0.25) is 0 Å². The molecule has 0 aliphatic carbocycles. The molecule has 0 saturated heterocycles. The van der Waals surface area contributed by atoms with E-state index in [0.717, 1.165) is 17.7 Å². The quantitative estimate of drug-likeness (QED) is 0.483. The van der Waals surface area contributed by atoms with Gasteiger partial charge in [-0.15, -0.1) is 0 Å². The van der Waals surface area contributed by atoms with E-state index < -0.39 is 4.92 Å². The van der Waals surface area contributed by atoms with E-state index in [0.29, 0.717) is 30.9 Å². The number of anilines is 1. The fourth-order valence-corrected chi connectivity index (χ4v) is 2.59. The number of nitrogens with one attached hydrogen (secondary N) is 2. The minimum atomic E-state index is -0.437. The molecule has 2 aromatic carbocycles. The molecule has 0 bridgehead atoms. The number of fused-ring (bicyclic) bond motifs is 1. The number of carbonyl (C=O) groups excluding carboxylic acids is 1. The third-order valence-corrected chi connectivity index (χ3v) is 3.78. The molecule has 7 nitrogen and oxygen atoms in total. The summed E-state index contributed by atoms with van der Waals surface area (Å²) in [6.45, 7) is 1.41. The molecule has 0 saturated carbocycles. The zero-order valence-corrected chi connectivity index (χ0v) is 13.0. The van der Waals surface area contributed by atoms with Gasteiger partial charge in [-0.25, -0.2) is 0 Å². The highest BCUT2D eigenvalue weighted by molar-refractivity contribution is 5.94. The summed E-state index contributed by atoms with van der Waals surface area (Å²) in [6.07, 6.45) is 0.815. The average molecular weight is 327 g/mol. The van der Waals surface area contributed by atoms with Crippen molar-refractivity contribution in [3.05, 3.63) is 63.7 Å². The van der Waals surface area contributed by atoms with E-state index in [1.165, 1.54) is 6.07 Å². The van der Waals surface area contributed by atoms with E-state index in [9.17, 15) is 14.9 Å². The topological polar surface area (TPSA) is 93.5 Å². The Kier molecular flexibility index (Phi) is 4.60. The maximum Gasteiger partial charge on any atom is 0.292 e. The third-order valence-electron chi connectivity index (χ3n) is 3.78. The summed E-state index contributed by atoms with van der Waals surface area (Å²) in [5, 5.41) is 16.7. The first kappa shape index (κ1) is 15.8. The molecule has 24 heavy (non-hydrogen) atoms. The van der Waals surface area contributed by atoms with Crippen LogP contribution in [0.5, 0.6) is 5.75 Å². The Labute approximate surface area is 138 Å². The Morgan fingerprint density at radius 3 is 2.88 bits per heavy atom. The fraction of sp³-hybridized carbons (Fsp3) is 0.235. The van der Waals surface area contributed by atoms with Crippen molar-refractivity contribution in [1.29, 1.82) is 0 Å². The first-order chi connectivity index (χ1) is 11.6. The zero-order valence-electron chi connectivity index (χ0n) is 13.0. The monoisotopic (exact) mass is 327 g/mol. The fourth-order valence-electron chi connectivity index (χ4n) is 2.59. The molecule has 2 N–H and O–H groups in total. The van der Waals surface area contributed by atoms with Gasteiger partial charge in [-0.2, -0.15) is 0 Å². The van der Waals surface area contributed by atoms with Gasteiger partial charge in [-0.05, 0) is 29.8 Å². The van der Waals surface area contributed by atoms with E-state index in [-0.39, 0.29) is 11.6 Å². The van der Waals surface area contributed by atoms with Crippen LogP contribution in [0.15, 0.2) is 42.5 Å². The van der Waals surface area contributed by atoms with Crippen molar-refractivity contribution in [2.75, 3.05) is 25.0 Å². The largest absolute Gasteiger partial charge is 0.493 e. The maximum absolute atomic E-state index is 12.1. The number of carbonyl (C=O) groups is 1. The Hall–Kier alpha value is -3.09. The number of amides is 1. The first-order valence-electron chi connectivity index (χ1n) is 7.66. The van der Waals surface area contributed by atoms with Gasteiger partial charge in [-0.1, -0.05) is 12.1 Å². The second kappa shape index (κ2) is 6.99. The molecule has 7 heteroatoms. The third kappa shape index (κ3) is 3.45. The Balaban J connectivity index is 1.52. The lowest BCUT2D eigenvalue weighted by molar-refractivity contribution is -0.384. The van der Waals surface area contributed by atoms with Crippen molar-refractivity contribution >= 4 is 17.3 Å². The van der Waals surface area contributed by atoms with Gasteiger partial charge in [0.15, 0.2) is 0 Å². The Bertz CT molecular complexity index is 776. The van der Waals surface area contributed by atoms with Crippen molar-refractivity contribution in [2.45, 2.75) is 6.42 Å². The highest BCUT2D eigenvalue weighted by atomic mass is 16.6. The lowest BCUT2D eigenvalue weighted by atomic mass is 10.1. The first-order valence-corrected chi connectivity index (χ1v) is 7.66. The van der Waals surface area contributed by atoms with Crippen LogP contribution in [-0.2, 0) is 6.42 Å². The van der Waals surface area contributed by atoms with Crippen molar-refractivity contribution in [3.63, 3.8) is 0 Å². The predicted octanol–water partition coefficient (Wildman–Crippen LogP) is 2.37. The summed E-state index contributed by atoms with van der Waals surface area (Å²) in [7, 11) is 0. The molecular formula is C17H17N3O4. The van der Waals surface area contributed by atoms with Crippen molar-refractivity contribution < 1.29 is 14.5 Å². The smallest absolute Gasteiger partial charge is 0.292 e. The minimum absolute atomic E-state index is 0.0162. The second-order valence-corrected chi connectivity index (χ2v) is 5.38. The van der Waals surface area contributed by atoms with Crippen LogP contribution >= 0.6 is 0 Å². The van der Waals surface area contributed by atoms with E-state index >= 15 is 0 Å². The minimum Gasteiger partial charge on any atom is -0.493 e. The number of benzene rings is 2. The maximum atomic E-state index is 12.1. The molecule has 0 fully saturated rings. The summed E-state index contributed by atoms with van der Waals surface area (Å²) in [5.41, 5.74) is 2.08. The SMILES string of the molecule is O=C(NCCNc1ccccc1[N+](=O)[O-])c1ccc2c(c1)CCO2. The zero-order chi connectivity index (χ0) is 16.9. The summed E-state index contributed by atoms with van der Waals surface area (Å²) in [4.78, 5) is 22.6. The molecule has 0 atom stereocenters. The number of ether oxygens (including phenoxy) is 1. The van der Waals surface area contributed by atoms with Crippen LogP contribution in [0.2, 0.25) is 0 Å². The van der Waals surface area contributed by atoms with E-state index in [1.54, 1.807) is 24.3 Å². The molecule has 3 rings (SSSR count). The van der Waals surface area contributed by atoms with Gasteiger partial charge in [0, 0.05) is 31.1 Å². The number of para-hydroxylation sites is 2. The molecule has 2 aromatic rings. The normalized spacial score (nSPS) is 12.2. The van der Waals surface area contributed by atoms with Crippen LogP contribution in [0.25, 0.3) is 0 Å². The average Bonchev–Trinajstić information content (AvgIpc) is 3.06. The van der Waals surface area contributed by atoms with E-state index in [2.05, 4.69) is 10.6 Å². The lowest BCUT2D eigenvalue weighted by Gasteiger charge is -2.09. The van der Waals surface area contributed by atoms with Crippen LogP contribution in [0.4, 0.5) is 11.4 Å². The van der Waals surface area contributed by atoms with E-state index in [4.69, 9.17) is 4.74 Å². The van der Waals surface area contributed by atoms with Gasteiger partial charge < -0.3 is 15.4 Å². The van der Waals surface area contributed by atoms with Gasteiger partial charge in [-0.3, -0.25) is 14.9 Å². The summed E-state index contributed by atoms with van der Waals surface area (Å²) in [5.74, 6) is 0.665. The van der Waals surface area contributed by atoms with Crippen LogP contribution in [0.3, 0.4) is 0 Å². The van der Waals surface area contributed by atoms with Gasteiger partial charge in [0.05, 0.1) is 11.5 Å². The number of nitrogens with zero attached hydrogens (tertiary/aromatic N) is 1. The number of nitro groups is 1. The van der Waals surface area contributed by atoms with Gasteiger partial charge in [0.1, 0.15) is 11.4 Å². The molecule has 1 heterocycles. The predicted molar refractivity (Wildman–Crippen MR) is 89.6 cm³/mol. The molecular weight excluding hydrogens is 310 g/mol. The molecule has 1 amide bonds. The molecule has 0 unspecified atom stereocenters. The molecule has 0 aromatic heterocycles. The van der Waals surface area contributed by atoms with Gasteiger partial charge >= 0.3 is 0 Å². The standard InChI is InChI=1S/C17H17N3O4/c21-17(13-5-6-16-12(11-13)7-10-24-16)19-9-8-18-14-3-1-2-4-15(14)20(22)23/h1-6,11,18H,7-10H2,(H,19,21). The summed E-state index contributed by atoms with van der Waals surface area (Å²) >= 11 is 0. The second-order valence-electron chi connectivity index (χ2n) is 5.38. The molecule has 1 aliphatic rings. The highest BCUT2D eigenvalue weighted by Gasteiger charge is 2.15. The van der Waals surface area contributed by atoms with Crippen LogP contribution in [0.1, 0.15) is 15.9 Å². The van der Waals surface area contributed by atoms with E-state index in [1.807, 2.05) is 12.1 Å². The number of hydrogen-bond acceptors (Lipinski definition) is 5. The number of rotatable bonds is 6. The lowest BCUT2D eigenvalue weighted by Crippen LogP contribution is -2.28. The van der Waals surface area contributed by atoms with Crippen LogP contribution < -0.4 is 15.4 Å². The molecule has 0 radical (unpaired) electrons. The van der Waals surface area contributed by atoms with Crippen molar-refractivity contribution in [2.24, 2.45) is 0 Å². The Morgan fingerprint density at radius 2 is 2.04 bits per heavy atom. The molecule has 124 valence electrons. The molecule has 0 spiro atoms. The van der Waals surface area contributed by atoms with Crippen LogP contribution in [0, 0.1) is 10.1 Å². The van der Waals surface area contributed by atoms with Crippen molar-refractivity contribution in [1.82, 2.24) is 5.32 Å². The summed E-state index contributed by atoms with van der Waals surface area (Å²) in [6, 6.07) is 11.8. The van der Waals surface area contributed by atoms with Crippen LogP contribution in [-0.4, -0.2) is 30.5 Å². The van der Waals surface area contributed by atoms with Crippen molar-refractivity contribution in [3.8, 4) is 5.75 Å². The highest BCUT2D eigenvalue weighted by Crippen LogP contribution is 2.26. The van der Waals surface area contributed by atoms with Gasteiger partial charge in [0.25, 0.3) is 11.6 Å². The number of hydrogen-bond donors (Lipinski definition) is 2.